The number of hydrogen-bond acceptors (Lipinski definition) is 4. The second-order valence-electron chi connectivity index (χ2n) is 8.64. The average molecular weight is 576 g/mol. The molecule has 0 aliphatic rings. The lowest BCUT2D eigenvalue weighted by Gasteiger charge is -2.10. The predicted molar refractivity (Wildman–Crippen MR) is 174 cm³/mol. The molecule has 0 fully saturated rings. The highest BCUT2D eigenvalue weighted by atomic mass is 16.3. The Balaban J connectivity index is 1.46. The third-order valence-corrected chi connectivity index (χ3v) is 6.08. The summed E-state index contributed by atoms with van der Waals surface area (Å²) in [6.07, 6.45) is 0. The van der Waals surface area contributed by atoms with Crippen molar-refractivity contribution < 1.29 is 37.3 Å². The fourth-order valence-corrected chi connectivity index (χ4v) is 4.16. The lowest BCUT2D eigenvalue weighted by molar-refractivity contribution is 0.669. The second-order valence-corrected chi connectivity index (χ2v) is 8.64. The van der Waals surface area contributed by atoms with Crippen LogP contribution in [0.25, 0.3) is 78.4 Å². The standard InChI is InChI=1S/C39H25N3O/c1-3-10-26(11-4-1)27-18-22-30(23-19-27)38-40-37(29-12-5-2-6-13-29)41-39(42-38)31-24-20-28(21-25-31)32-15-9-17-35-36(32)33-14-7-8-16-34(33)43-35/h1-25H/i1D,2D,3D,4D,5D,6D,7D,8D,9D,10D,11D,12D,13D,14D,15D,16D,17D,18D,19D,20D,22D,23D,24D,25D. The maximum absolute atomic E-state index is 9.23. The Morgan fingerprint density at radius 1 is 0.395 bits per heavy atom. The maximum atomic E-state index is 9.23. The molecule has 0 saturated carbocycles. The van der Waals surface area contributed by atoms with E-state index in [-0.39, 0.29) is 10.8 Å². The highest BCUT2D eigenvalue weighted by Crippen LogP contribution is 2.37. The molecule has 0 aliphatic carbocycles. The Morgan fingerprint density at radius 2 is 0.884 bits per heavy atom. The van der Waals surface area contributed by atoms with E-state index in [9.17, 15) is 4.11 Å². The summed E-state index contributed by atoms with van der Waals surface area (Å²) in [6, 6.07) is -18.6. The first-order chi connectivity index (χ1) is 31.3. The molecule has 43 heavy (non-hydrogen) atoms. The predicted octanol–water partition coefficient (Wildman–Crippen LogP) is 10.1. The van der Waals surface area contributed by atoms with Crippen molar-refractivity contribution in [2.45, 2.75) is 0 Å². The smallest absolute Gasteiger partial charge is 0.164 e. The van der Waals surface area contributed by atoms with Crippen molar-refractivity contribution in [3.05, 3.63) is 151 Å². The molecule has 4 nitrogen and oxygen atoms in total. The minimum atomic E-state index is -0.956. The van der Waals surface area contributed by atoms with Crippen LogP contribution in [0.15, 0.2) is 156 Å². The molecule has 8 aromatic rings. The van der Waals surface area contributed by atoms with Crippen LogP contribution in [0.1, 0.15) is 32.9 Å². The van der Waals surface area contributed by atoms with Crippen LogP contribution in [0.3, 0.4) is 0 Å². The van der Waals surface area contributed by atoms with E-state index in [0.29, 0.717) is 0 Å². The van der Waals surface area contributed by atoms with Crippen LogP contribution in [0.4, 0.5) is 0 Å². The fraction of sp³-hybridized carbons (Fsp3) is 0. The van der Waals surface area contributed by atoms with Gasteiger partial charge in [-0.15, -0.1) is 0 Å². The first-order valence-electron chi connectivity index (χ1n) is 24.3. The largest absolute Gasteiger partial charge is 0.456 e. The van der Waals surface area contributed by atoms with Crippen LogP contribution in [0.2, 0.25) is 0 Å². The van der Waals surface area contributed by atoms with Gasteiger partial charge in [-0.3, -0.25) is 0 Å². The molecule has 8 rings (SSSR count). The molecule has 2 aromatic heterocycles. The molecule has 0 saturated heterocycles. The van der Waals surface area contributed by atoms with Gasteiger partial charge in [0.25, 0.3) is 0 Å². The van der Waals surface area contributed by atoms with Crippen molar-refractivity contribution in [1.82, 2.24) is 15.0 Å². The average Bonchev–Trinajstić information content (AvgIpc) is 3.69. The summed E-state index contributed by atoms with van der Waals surface area (Å²) in [5, 5.41) is -0.614. The molecule has 0 spiro atoms. The van der Waals surface area contributed by atoms with Crippen molar-refractivity contribution >= 4 is 21.9 Å². The third-order valence-electron chi connectivity index (χ3n) is 6.08. The Kier molecular flexibility index (Phi) is 2.55. The Hall–Kier alpha value is -5.87. The van der Waals surface area contributed by atoms with Gasteiger partial charge in [0.15, 0.2) is 17.5 Å². The van der Waals surface area contributed by atoms with Crippen molar-refractivity contribution in [1.29, 1.82) is 0 Å². The number of hydrogen-bond donors (Lipinski definition) is 0. The van der Waals surface area contributed by atoms with E-state index in [1.165, 1.54) is 0 Å². The van der Waals surface area contributed by atoms with E-state index >= 15 is 0 Å². The zero-order valence-electron chi connectivity index (χ0n) is 45.3. The zero-order chi connectivity index (χ0) is 49.5. The SMILES string of the molecule is [2H]c1cc(-c2c([2H])c([2H])c([2H])c3oc4c([2H])c([2H])c([2H])c([2H])c4c23)c([2H])c([2H])c1-c1nc(-c2c([2H])c([2H])c([2H])c([2H])c2[2H])nc(-c2c([2H])c([2H])c(-c3c([2H])c([2H])c([2H])c([2H])c3[2H])c([2H])c2[2H])n1. The minimum Gasteiger partial charge on any atom is -0.456 e. The van der Waals surface area contributed by atoms with E-state index in [1.54, 1.807) is 0 Å². The number of furan rings is 1. The molecular formula is C39H25N3O. The van der Waals surface area contributed by atoms with Gasteiger partial charge in [0.05, 0.1) is 32.9 Å². The molecule has 6 aromatic carbocycles. The molecule has 0 unspecified atom stereocenters. The van der Waals surface area contributed by atoms with Crippen LogP contribution in [0.5, 0.6) is 0 Å². The number of benzene rings is 6. The van der Waals surface area contributed by atoms with E-state index in [2.05, 4.69) is 15.0 Å². The first kappa shape index (κ1) is 10.4. The van der Waals surface area contributed by atoms with Gasteiger partial charge in [0, 0.05) is 27.5 Å². The summed E-state index contributed by atoms with van der Waals surface area (Å²) >= 11 is 0. The van der Waals surface area contributed by atoms with Gasteiger partial charge in [-0.2, -0.15) is 0 Å². The number of nitrogens with zero attached hydrogens (tertiary/aromatic N) is 3. The quantitative estimate of drug-likeness (QED) is 0.205. The van der Waals surface area contributed by atoms with Crippen molar-refractivity contribution in [3.63, 3.8) is 0 Å². The minimum absolute atomic E-state index is 0.297. The number of rotatable bonds is 5. The van der Waals surface area contributed by atoms with Crippen LogP contribution in [-0.2, 0) is 0 Å². The molecule has 2 heterocycles. The van der Waals surface area contributed by atoms with Gasteiger partial charge in [-0.1, -0.05) is 139 Å². The normalized spacial score (nSPS) is 19.1. The Morgan fingerprint density at radius 3 is 1.58 bits per heavy atom. The molecule has 4 heteroatoms. The van der Waals surface area contributed by atoms with Crippen LogP contribution >= 0.6 is 0 Å². The molecule has 0 atom stereocenters. The van der Waals surface area contributed by atoms with Crippen LogP contribution < -0.4 is 0 Å². The molecule has 0 N–H and O–H groups in total. The highest BCUT2D eigenvalue weighted by Gasteiger charge is 2.15. The summed E-state index contributed by atoms with van der Waals surface area (Å²) in [6.45, 7) is 0. The van der Waals surface area contributed by atoms with E-state index in [0.717, 1.165) is 6.07 Å². The fourth-order valence-electron chi connectivity index (χ4n) is 4.16. The van der Waals surface area contributed by atoms with Crippen LogP contribution in [-0.4, -0.2) is 15.0 Å². The van der Waals surface area contributed by atoms with Crippen molar-refractivity contribution in [2.75, 3.05) is 0 Å². The van der Waals surface area contributed by atoms with Gasteiger partial charge < -0.3 is 4.42 Å². The van der Waals surface area contributed by atoms with Crippen molar-refractivity contribution in [3.8, 4) is 56.4 Å². The number of aromatic nitrogens is 3. The highest BCUT2D eigenvalue weighted by molar-refractivity contribution is 6.12. The Labute approximate surface area is 282 Å². The Bertz CT molecular complexity index is 3500. The van der Waals surface area contributed by atoms with Gasteiger partial charge in [0.2, 0.25) is 0 Å². The van der Waals surface area contributed by atoms with Gasteiger partial charge in [-0.05, 0) is 34.3 Å². The molecule has 202 valence electrons. The molecule has 0 radical (unpaired) electrons. The summed E-state index contributed by atoms with van der Waals surface area (Å²) in [5.41, 5.74) is -5.18. The zero-order valence-corrected chi connectivity index (χ0v) is 21.3. The van der Waals surface area contributed by atoms with Crippen LogP contribution in [0, 0.1) is 0 Å². The molecule has 0 bridgehead atoms. The van der Waals surface area contributed by atoms with Gasteiger partial charge >= 0.3 is 0 Å². The van der Waals surface area contributed by atoms with Gasteiger partial charge in [-0.25, -0.2) is 15.0 Å². The van der Waals surface area contributed by atoms with Gasteiger partial charge in [0.1, 0.15) is 11.2 Å². The summed E-state index contributed by atoms with van der Waals surface area (Å²) in [4.78, 5) is 12.7. The summed E-state index contributed by atoms with van der Waals surface area (Å²) in [5.74, 6) is -2.32. The maximum Gasteiger partial charge on any atom is 0.164 e. The monoisotopic (exact) mass is 575 g/mol. The first-order valence-corrected chi connectivity index (χ1v) is 12.3. The van der Waals surface area contributed by atoms with E-state index in [4.69, 9.17) is 33.2 Å². The molecule has 0 aliphatic heterocycles. The summed E-state index contributed by atoms with van der Waals surface area (Å²) < 4.78 is 212. The lowest BCUT2D eigenvalue weighted by Crippen LogP contribution is -2.00. The summed E-state index contributed by atoms with van der Waals surface area (Å²) in [7, 11) is 0. The number of para-hydroxylation sites is 1. The van der Waals surface area contributed by atoms with E-state index < -0.39 is 213 Å². The second kappa shape index (κ2) is 10.5. The molecular weight excluding hydrogens is 526 g/mol. The van der Waals surface area contributed by atoms with Crippen molar-refractivity contribution in [2.24, 2.45) is 0 Å². The topological polar surface area (TPSA) is 51.8 Å². The molecule has 0 amide bonds. The third kappa shape index (κ3) is 4.65. The number of fused-ring (bicyclic) bond motifs is 3. The van der Waals surface area contributed by atoms with E-state index in [1.807, 2.05) is 0 Å². The lowest BCUT2D eigenvalue weighted by atomic mass is 9.98.